The molecular weight excluding hydrogens is 358 g/mol. The van der Waals surface area contributed by atoms with E-state index < -0.39 is 11.8 Å². The van der Waals surface area contributed by atoms with Gasteiger partial charge in [0.25, 0.3) is 0 Å². The summed E-state index contributed by atoms with van der Waals surface area (Å²) in [6, 6.07) is 5.03. The van der Waals surface area contributed by atoms with Gasteiger partial charge in [-0.05, 0) is 65.2 Å². The van der Waals surface area contributed by atoms with E-state index in [2.05, 4.69) is 20.7 Å². The second kappa shape index (κ2) is 6.44. The van der Waals surface area contributed by atoms with Gasteiger partial charge < -0.3 is 9.47 Å². The number of benzene rings is 2. The van der Waals surface area contributed by atoms with Gasteiger partial charge in [-0.25, -0.2) is 13.6 Å². The fourth-order valence-electron chi connectivity index (χ4n) is 2.05. The Kier molecular flexibility index (Phi) is 4.81. The third-order valence-corrected chi connectivity index (χ3v) is 3.64. The molecular formula is C16H13BrF2O3. The normalized spacial score (nSPS) is 10.5. The molecule has 0 aliphatic heterocycles. The third-order valence-electron chi connectivity index (χ3n) is 3.05. The number of esters is 1. The van der Waals surface area contributed by atoms with E-state index in [4.69, 9.17) is 4.74 Å². The Bertz CT molecular complexity index is 698. The molecule has 6 heteroatoms. The molecule has 0 radical (unpaired) electrons. The van der Waals surface area contributed by atoms with Crippen molar-refractivity contribution in [2.45, 2.75) is 13.8 Å². The minimum absolute atomic E-state index is 0.0618. The molecule has 0 N–H and O–H groups in total. The molecule has 0 amide bonds. The topological polar surface area (TPSA) is 35.5 Å². The van der Waals surface area contributed by atoms with Crippen LogP contribution in [0.15, 0.2) is 28.7 Å². The summed E-state index contributed by atoms with van der Waals surface area (Å²) in [6.45, 7) is 3.33. The standard InChI is InChI=1S/C16H13BrF2O3/c1-8-4-11(18)5-9(2)14(8)22-15-12(17)6-10(7-13(15)19)16(20)21-3/h4-7H,1-3H3. The molecule has 3 nitrogen and oxygen atoms in total. The highest BCUT2D eigenvalue weighted by atomic mass is 79.9. The molecule has 0 aliphatic carbocycles. The number of methoxy groups -OCH3 is 1. The zero-order valence-electron chi connectivity index (χ0n) is 12.2. The molecule has 0 fully saturated rings. The first-order chi connectivity index (χ1) is 10.3. The van der Waals surface area contributed by atoms with Crippen LogP contribution in [-0.2, 0) is 4.74 Å². The zero-order chi connectivity index (χ0) is 16.4. The summed E-state index contributed by atoms with van der Waals surface area (Å²) in [7, 11) is 1.21. The lowest BCUT2D eigenvalue weighted by Gasteiger charge is -2.14. The van der Waals surface area contributed by atoms with Gasteiger partial charge in [-0.15, -0.1) is 0 Å². The van der Waals surface area contributed by atoms with E-state index in [9.17, 15) is 13.6 Å². The van der Waals surface area contributed by atoms with Crippen LogP contribution in [0.25, 0.3) is 0 Å². The molecule has 0 heterocycles. The first-order valence-corrected chi connectivity index (χ1v) is 7.14. The van der Waals surface area contributed by atoms with Crippen LogP contribution in [0.2, 0.25) is 0 Å². The molecule has 2 rings (SSSR count). The maximum Gasteiger partial charge on any atom is 0.337 e. The largest absolute Gasteiger partial charge is 0.465 e. The van der Waals surface area contributed by atoms with Crippen LogP contribution in [0.5, 0.6) is 11.5 Å². The van der Waals surface area contributed by atoms with Crippen LogP contribution in [0.1, 0.15) is 21.5 Å². The minimum atomic E-state index is -0.724. The summed E-state index contributed by atoms with van der Waals surface area (Å²) in [5, 5.41) is 0. The van der Waals surface area contributed by atoms with Gasteiger partial charge in [0.15, 0.2) is 11.6 Å². The maximum atomic E-state index is 14.2. The van der Waals surface area contributed by atoms with Gasteiger partial charge in [0, 0.05) is 0 Å². The van der Waals surface area contributed by atoms with Gasteiger partial charge in [0.2, 0.25) is 0 Å². The van der Waals surface area contributed by atoms with Crippen LogP contribution in [-0.4, -0.2) is 13.1 Å². The molecule has 0 spiro atoms. The summed E-state index contributed by atoms with van der Waals surface area (Å²) in [5.74, 6) is -1.47. The zero-order valence-corrected chi connectivity index (χ0v) is 13.8. The van der Waals surface area contributed by atoms with Crippen molar-refractivity contribution in [1.29, 1.82) is 0 Å². The molecule has 0 unspecified atom stereocenters. The molecule has 0 atom stereocenters. The van der Waals surface area contributed by atoms with E-state index in [-0.39, 0.29) is 21.6 Å². The van der Waals surface area contributed by atoms with Gasteiger partial charge in [-0.3, -0.25) is 0 Å². The van der Waals surface area contributed by atoms with Crippen LogP contribution >= 0.6 is 15.9 Å². The first-order valence-electron chi connectivity index (χ1n) is 6.35. The smallest absolute Gasteiger partial charge is 0.337 e. The fourth-order valence-corrected chi connectivity index (χ4v) is 2.57. The van der Waals surface area contributed by atoms with E-state index in [0.29, 0.717) is 16.9 Å². The van der Waals surface area contributed by atoms with Crippen LogP contribution in [0, 0.1) is 25.5 Å². The van der Waals surface area contributed by atoms with Crippen molar-refractivity contribution in [3.8, 4) is 11.5 Å². The number of hydrogen-bond donors (Lipinski definition) is 0. The quantitative estimate of drug-likeness (QED) is 0.719. The molecule has 2 aromatic rings. The van der Waals surface area contributed by atoms with Crippen molar-refractivity contribution >= 4 is 21.9 Å². The number of rotatable bonds is 3. The SMILES string of the molecule is COC(=O)c1cc(F)c(Oc2c(C)cc(F)cc2C)c(Br)c1. The van der Waals surface area contributed by atoms with Gasteiger partial charge in [-0.2, -0.15) is 0 Å². The molecule has 2 aromatic carbocycles. The van der Waals surface area contributed by atoms with Crippen molar-refractivity contribution < 1.29 is 23.0 Å². The van der Waals surface area contributed by atoms with Crippen molar-refractivity contribution in [3.05, 3.63) is 57.1 Å². The predicted molar refractivity (Wildman–Crippen MR) is 81.4 cm³/mol. The van der Waals surface area contributed by atoms with E-state index in [1.165, 1.54) is 25.3 Å². The van der Waals surface area contributed by atoms with E-state index in [1.54, 1.807) is 13.8 Å². The Balaban J connectivity index is 2.45. The Hall–Kier alpha value is -1.95. The lowest BCUT2D eigenvalue weighted by atomic mass is 10.1. The number of ether oxygens (including phenoxy) is 2. The minimum Gasteiger partial charge on any atom is -0.465 e. The first kappa shape index (κ1) is 16.4. The Morgan fingerprint density at radius 1 is 1.05 bits per heavy atom. The van der Waals surface area contributed by atoms with Gasteiger partial charge in [0.1, 0.15) is 11.6 Å². The molecule has 116 valence electrons. The van der Waals surface area contributed by atoms with Crippen LogP contribution < -0.4 is 4.74 Å². The Morgan fingerprint density at radius 2 is 1.64 bits per heavy atom. The van der Waals surface area contributed by atoms with Crippen LogP contribution in [0.3, 0.4) is 0 Å². The number of carbonyl (C=O) groups excluding carboxylic acids is 1. The van der Waals surface area contributed by atoms with Gasteiger partial charge >= 0.3 is 5.97 Å². The third kappa shape index (κ3) is 3.27. The van der Waals surface area contributed by atoms with Crippen molar-refractivity contribution in [1.82, 2.24) is 0 Å². The molecule has 0 aromatic heterocycles. The van der Waals surface area contributed by atoms with Crippen molar-refractivity contribution in [3.63, 3.8) is 0 Å². The number of aryl methyl sites for hydroxylation is 2. The summed E-state index contributed by atoms with van der Waals surface area (Å²) >= 11 is 3.17. The molecule has 0 saturated carbocycles. The molecule has 0 aliphatic rings. The lowest BCUT2D eigenvalue weighted by molar-refractivity contribution is 0.0600. The van der Waals surface area contributed by atoms with Crippen LogP contribution in [0.4, 0.5) is 8.78 Å². The second-order valence-electron chi connectivity index (χ2n) is 4.73. The second-order valence-corrected chi connectivity index (χ2v) is 5.59. The van der Waals surface area contributed by atoms with Crippen molar-refractivity contribution in [2.75, 3.05) is 7.11 Å². The van der Waals surface area contributed by atoms with E-state index >= 15 is 0 Å². The highest BCUT2D eigenvalue weighted by molar-refractivity contribution is 9.10. The summed E-state index contributed by atoms with van der Waals surface area (Å²) in [5.41, 5.74) is 1.15. The van der Waals surface area contributed by atoms with E-state index in [0.717, 1.165) is 6.07 Å². The summed E-state index contributed by atoms with van der Waals surface area (Å²) in [6.07, 6.45) is 0. The highest BCUT2D eigenvalue weighted by Gasteiger charge is 2.18. The van der Waals surface area contributed by atoms with E-state index in [1.807, 2.05) is 0 Å². The van der Waals surface area contributed by atoms with Gasteiger partial charge in [-0.1, -0.05) is 0 Å². The Morgan fingerprint density at radius 3 is 2.14 bits per heavy atom. The Labute approximate surface area is 135 Å². The summed E-state index contributed by atoms with van der Waals surface area (Å²) < 4.78 is 37.9. The van der Waals surface area contributed by atoms with Gasteiger partial charge in [0.05, 0.1) is 17.1 Å². The molecule has 0 saturated heterocycles. The fraction of sp³-hybridized carbons (Fsp3) is 0.188. The average Bonchev–Trinajstić information content (AvgIpc) is 2.43. The highest BCUT2D eigenvalue weighted by Crippen LogP contribution is 2.36. The number of halogens is 3. The summed E-state index contributed by atoms with van der Waals surface area (Å²) in [4.78, 5) is 11.4. The number of carbonyl (C=O) groups is 1. The van der Waals surface area contributed by atoms with Crippen molar-refractivity contribution in [2.24, 2.45) is 0 Å². The number of hydrogen-bond acceptors (Lipinski definition) is 3. The monoisotopic (exact) mass is 370 g/mol. The molecule has 22 heavy (non-hydrogen) atoms. The average molecular weight is 371 g/mol. The maximum absolute atomic E-state index is 14.2. The lowest BCUT2D eigenvalue weighted by Crippen LogP contribution is -2.03. The molecule has 0 bridgehead atoms. The predicted octanol–water partition coefficient (Wildman–Crippen LogP) is 4.92.